The van der Waals surface area contributed by atoms with Gasteiger partial charge in [-0.15, -0.1) is 0 Å². The van der Waals surface area contributed by atoms with Gasteiger partial charge in [0.1, 0.15) is 6.04 Å². The fourth-order valence-corrected chi connectivity index (χ4v) is 3.96. The van der Waals surface area contributed by atoms with Crippen LogP contribution in [0.25, 0.3) is 0 Å². The van der Waals surface area contributed by atoms with Crippen molar-refractivity contribution in [3.8, 4) is 0 Å². The van der Waals surface area contributed by atoms with Crippen LogP contribution < -0.4 is 11.1 Å². The summed E-state index contributed by atoms with van der Waals surface area (Å²) in [5, 5.41) is 2.56. The molecular formula is C21H25N3O6. The number of hydrogen-bond donors (Lipinski definition) is 2. The molecule has 3 rings (SSSR count). The molecule has 1 aromatic carbocycles. The predicted octanol–water partition coefficient (Wildman–Crippen LogP) is 1.22. The molecule has 4 amide bonds. The zero-order valence-electron chi connectivity index (χ0n) is 16.9. The van der Waals surface area contributed by atoms with Gasteiger partial charge >= 0.3 is 5.97 Å². The van der Waals surface area contributed by atoms with Gasteiger partial charge in [-0.1, -0.05) is 12.8 Å². The highest BCUT2D eigenvalue weighted by atomic mass is 16.5. The predicted molar refractivity (Wildman–Crippen MR) is 106 cm³/mol. The maximum atomic E-state index is 12.6. The molecule has 0 radical (unpaired) electrons. The smallest absolute Gasteiger partial charge is 0.329 e. The lowest BCUT2D eigenvalue weighted by atomic mass is 9.81. The topological polar surface area (TPSA) is 136 Å². The monoisotopic (exact) mass is 415 g/mol. The van der Waals surface area contributed by atoms with Gasteiger partial charge in [-0.3, -0.25) is 24.1 Å². The second kappa shape index (κ2) is 8.64. The molecule has 9 heteroatoms. The zero-order chi connectivity index (χ0) is 22.0. The van der Waals surface area contributed by atoms with Crippen molar-refractivity contribution in [3.63, 3.8) is 0 Å². The number of rotatable bonds is 6. The Labute approximate surface area is 173 Å². The van der Waals surface area contributed by atoms with Crippen LogP contribution in [0.1, 0.15) is 49.9 Å². The highest BCUT2D eigenvalue weighted by Gasteiger charge is 2.51. The summed E-state index contributed by atoms with van der Waals surface area (Å²) in [6, 6.07) is 4.82. The van der Waals surface area contributed by atoms with Crippen LogP contribution >= 0.6 is 0 Å². The van der Waals surface area contributed by atoms with Crippen molar-refractivity contribution in [2.75, 3.05) is 5.32 Å². The third-order valence-corrected chi connectivity index (χ3v) is 5.70. The normalized spacial score (nSPS) is 22.8. The molecule has 160 valence electrons. The number of anilines is 1. The first-order valence-electron chi connectivity index (χ1n) is 9.99. The van der Waals surface area contributed by atoms with Gasteiger partial charge in [-0.2, -0.15) is 0 Å². The van der Waals surface area contributed by atoms with Crippen LogP contribution in [0.3, 0.4) is 0 Å². The lowest BCUT2D eigenvalue weighted by Gasteiger charge is -2.23. The van der Waals surface area contributed by atoms with Crippen molar-refractivity contribution in [2.24, 2.45) is 17.6 Å². The largest absolute Gasteiger partial charge is 0.451 e. The molecule has 2 aliphatic rings. The van der Waals surface area contributed by atoms with E-state index in [0.29, 0.717) is 24.1 Å². The number of fused-ring (bicyclic) bond motifs is 1. The van der Waals surface area contributed by atoms with Gasteiger partial charge in [0.15, 0.2) is 6.10 Å². The molecule has 2 fully saturated rings. The quantitative estimate of drug-likeness (QED) is 0.530. The highest BCUT2D eigenvalue weighted by Crippen LogP contribution is 2.38. The Morgan fingerprint density at radius 2 is 1.57 bits per heavy atom. The van der Waals surface area contributed by atoms with Crippen molar-refractivity contribution in [1.29, 1.82) is 0 Å². The van der Waals surface area contributed by atoms with Gasteiger partial charge in [0, 0.05) is 11.3 Å². The number of esters is 1. The number of carbonyl (C=O) groups excluding carboxylic acids is 5. The number of primary amides is 1. The summed E-state index contributed by atoms with van der Waals surface area (Å²) in [5.74, 6) is -3.37. The Balaban J connectivity index is 1.59. The molecule has 3 N–H and O–H groups in total. The van der Waals surface area contributed by atoms with Crippen molar-refractivity contribution >= 4 is 35.3 Å². The second-order valence-corrected chi connectivity index (χ2v) is 7.73. The van der Waals surface area contributed by atoms with Gasteiger partial charge in [0.05, 0.1) is 11.8 Å². The summed E-state index contributed by atoms with van der Waals surface area (Å²) < 4.78 is 5.20. The molecule has 9 nitrogen and oxygen atoms in total. The SMILES string of the molecule is CC(OC(=O)C(C)N1C(=O)C2CCCCC2C1=O)C(=O)Nc1ccc(C(N)=O)cc1. The summed E-state index contributed by atoms with van der Waals surface area (Å²) >= 11 is 0. The number of carbonyl (C=O) groups is 5. The van der Waals surface area contributed by atoms with E-state index < -0.39 is 29.9 Å². The first-order chi connectivity index (χ1) is 14.2. The minimum absolute atomic E-state index is 0.293. The number of amides is 4. The Morgan fingerprint density at radius 1 is 1.03 bits per heavy atom. The number of nitrogens with one attached hydrogen (secondary N) is 1. The van der Waals surface area contributed by atoms with Crippen molar-refractivity contribution in [2.45, 2.75) is 51.7 Å². The standard InChI is InChI=1S/C21H25N3O6/c1-11(24-19(27)15-5-3-4-6-16(15)20(24)28)21(29)30-12(2)18(26)23-14-9-7-13(8-10-14)17(22)25/h7-12,15-16H,3-6H2,1-2H3,(H2,22,25)(H,23,26). The molecule has 1 saturated carbocycles. The summed E-state index contributed by atoms with van der Waals surface area (Å²) in [6.07, 6.45) is 1.95. The molecular weight excluding hydrogens is 390 g/mol. The number of likely N-dealkylation sites (tertiary alicyclic amines) is 1. The molecule has 1 heterocycles. The fraction of sp³-hybridized carbons (Fsp3) is 0.476. The van der Waals surface area contributed by atoms with Crippen LogP contribution in [0.15, 0.2) is 24.3 Å². The van der Waals surface area contributed by atoms with Gasteiger partial charge in [0.25, 0.3) is 5.91 Å². The van der Waals surface area contributed by atoms with E-state index in [1.165, 1.54) is 38.1 Å². The molecule has 1 aromatic rings. The van der Waals surface area contributed by atoms with Crippen LogP contribution in [0.4, 0.5) is 5.69 Å². The van der Waals surface area contributed by atoms with E-state index in [9.17, 15) is 24.0 Å². The average molecular weight is 415 g/mol. The minimum atomic E-state index is -1.15. The first-order valence-corrected chi connectivity index (χ1v) is 9.99. The van der Waals surface area contributed by atoms with E-state index >= 15 is 0 Å². The summed E-state index contributed by atoms with van der Waals surface area (Å²) in [5.41, 5.74) is 5.86. The Bertz CT molecular complexity index is 857. The number of hydrogen-bond acceptors (Lipinski definition) is 6. The Hall–Kier alpha value is -3.23. The maximum Gasteiger partial charge on any atom is 0.329 e. The van der Waals surface area contributed by atoms with E-state index in [-0.39, 0.29) is 23.7 Å². The zero-order valence-corrected chi connectivity index (χ0v) is 16.9. The average Bonchev–Trinajstić information content (AvgIpc) is 2.98. The molecule has 4 unspecified atom stereocenters. The van der Waals surface area contributed by atoms with Crippen molar-refractivity contribution in [3.05, 3.63) is 29.8 Å². The van der Waals surface area contributed by atoms with E-state index in [4.69, 9.17) is 10.5 Å². The van der Waals surface area contributed by atoms with Crippen molar-refractivity contribution in [1.82, 2.24) is 4.90 Å². The lowest BCUT2D eigenvalue weighted by Crippen LogP contribution is -2.46. The molecule has 1 saturated heterocycles. The van der Waals surface area contributed by atoms with E-state index in [1.807, 2.05) is 0 Å². The third kappa shape index (κ3) is 4.19. The maximum absolute atomic E-state index is 12.6. The first kappa shape index (κ1) is 21.5. The van der Waals surface area contributed by atoms with Crippen LogP contribution in [0.2, 0.25) is 0 Å². The molecule has 30 heavy (non-hydrogen) atoms. The van der Waals surface area contributed by atoms with Crippen LogP contribution in [0.5, 0.6) is 0 Å². The highest BCUT2D eigenvalue weighted by molar-refractivity contribution is 6.08. The summed E-state index contributed by atoms with van der Waals surface area (Å²) in [7, 11) is 0. The van der Waals surface area contributed by atoms with E-state index in [0.717, 1.165) is 17.7 Å². The van der Waals surface area contributed by atoms with Crippen LogP contribution in [-0.4, -0.2) is 46.6 Å². The van der Waals surface area contributed by atoms with Crippen LogP contribution in [0, 0.1) is 11.8 Å². The molecule has 1 aliphatic heterocycles. The van der Waals surface area contributed by atoms with Crippen molar-refractivity contribution < 1.29 is 28.7 Å². The minimum Gasteiger partial charge on any atom is -0.451 e. The van der Waals surface area contributed by atoms with Gasteiger partial charge in [-0.25, -0.2) is 4.79 Å². The van der Waals surface area contributed by atoms with Gasteiger partial charge in [0.2, 0.25) is 17.7 Å². The number of benzene rings is 1. The molecule has 1 aliphatic carbocycles. The third-order valence-electron chi connectivity index (χ3n) is 5.70. The number of nitrogens with two attached hydrogens (primary N) is 1. The fourth-order valence-electron chi connectivity index (χ4n) is 3.96. The molecule has 4 atom stereocenters. The van der Waals surface area contributed by atoms with E-state index in [2.05, 4.69) is 5.32 Å². The summed E-state index contributed by atoms with van der Waals surface area (Å²) in [4.78, 5) is 62.2. The molecule has 0 bridgehead atoms. The number of nitrogens with zero attached hydrogens (tertiary/aromatic N) is 1. The van der Waals surface area contributed by atoms with Gasteiger partial charge in [-0.05, 0) is 51.0 Å². The Morgan fingerprint density at radius 3 is 2.07 bits per heavy atom. The van der Waals surface area contributed by atoms with E-state index in [1.54, 1.807) is 0 Å². The molecule has 0 aromatic heterocycles. The number of imide groups is 1. The lowest BCUT2D eigenvalue weighted by molar-refractivity contribution is -0.163. The second-order valence-electron chi connectivity index (χ2n) is 7.73. The number of ether oxygens (including phenoxy) is 1. The molecule has 0 spiro atoms. The Kier molecular flexibility index (Phi) is 6.19. The van der Waals surface area contributed by atoms with Gasteiger partial charge < -0.3 is 15.8 Å². The van der Waals surface area contributed by atoms with Crippen LogP contribution in [-0.2, 0) is 23.9 Å². The summed E-state index contributed by atoms with van der Waals surface area (Å²) in [6.45, 7) is 2.83.